The van der Waals surface area contributed by atoms with Crippen molar-refractivity contribution in [3.8, 4) is 0 Å². The van der Waals surface area contributed by atoms with Gasteiger partial charge in [0.25, 0.3) is 0 Å². The maximum absolute atomic E-state index is 10.3. The normalized spacial score (nSPS) is 18.6. The molecule has 0 saturated heterocycles. The lowest BCUT2D eigenvalue weighted by atomic mass is 10.0. The third kappa shape index (κ3) is 2.27. The number of aromatic nitrogens is 1. The van der Waals surface area contributed by atoms with Crippen LogP contribution in [0, 0.1) is 0 Å². The van der Waals surface area contributed by atoms with Gasteiger partial charge in [0.05, 0.1) is 23.2 Å². The van der Waals surface area contributed by atoms with E-state index < -0.39 is 5.60 Å². The van der Waals surface area contributed by atoms with Crippen molar-refractivity contribution in [2.75, 3.05) is 24.2 Å². The average Bonchev–Trinajstić information content (AvgIpc) is 2.65. The van der Waals surface area contributed by atoms with E-state index in [1.165, 1.54) is 0 Å². The SMILES string of the molecule is CN(CC1(O)CCCC1)c1ccncc1N. The minimum atomic E-state index is -0.537. The number of nitrogens with zero attached hydrogens (tertiary/aromatic N) is 2. The van der Waals surface area contributed by atoms with Gasteiger partial charge in [0.2, 0.25) is 0 Å². The summed E-state index contributed by atoms with van der Waals surface area (Å²) in [6.45, 7) is 0.640. The standard InChI is InChI=1S/C12H19N3O/c1-15(9-12(16)5-2-3-6-12)11-4-7-14-8-10(11)13/h4,7-8,16H,2-3,5-6,9,13H2,1H3. The Balaban J connectivity index is 2.08. The fraction of sp³-hybridized carbons (Fsp3) is 0.583. The number of nitrogens with two attached hydrogens (primary N) is 1. The smallest absolute Gasteiger partial charge is 0.0821 e. The van der Waals surface area contributed by atoms with Gasteiger partial charge in [-0.3, -0.25) is 4.98 Å². The zero-order valence-electron chi connectivity index (χ0n) is 9.69. The van der Waals surface area contributed by atoms with Crippen LogP contribution in [0.4, 0.5) is 11.4 Å². The average molecular weight is 221 g/mol. The van der Waals surface area contributed by atoms with E-state index >= 15 is 0 Å². The van der Waals surface area contributed by atoms with E-state index in [1.54, 1.807) is 12.4 Å². The van der Waals surface area contributed by atoms with Crippen LogP contribution in [-0.4, -0.2) is 29.3 Å². The number of hydrogen-bond donors (Lipinski definition) is 2. The highest BCUT2D eigenvalue weighted by molar-refractivity contribution is 5.65. The first-order valence-electron chi connectivity index (χ1n) is 5.74. The summed E-state index contributed by atoms with van der Waals surface area (Å²) in [5.41, 5.74) is 6.91. The van der Waals surface area contributed by atoms with Gasteiger partial charge in [0, 0.05) is 19.8 Å². The summed E-state index contributed by atoms with van der Waals surface area (Å²) in [7, 11) is 1.96. The molecule has 0 bridgehead atoms. The summed E-state index contributed by atoms with van der Waals surface area (Å²) in [6.07, 6.45) is 7.39. The molecule has 1 aliphatic rings. The monoisotopic (exact) mass is 221 g/mol. The molecule has 1 aliphatic carbocycles. The molecule has 4 nitrogen and oxygen atoms in total. The quantitative estimate of drug-likeness (QED) is 0.810. The van der Waals surface area contributed by atoms with Gasteiger partial charge in [-0.25, -0.2) is 0 Å². The Kier molecular flexibility index (Phi) is 3.01. The highest BCUT2D eigenvalue weighted by Crippen LogP contribution is 2.32. The summed E-state index contributed by atoms with van der Waals surface area (Å²) in [6, 6.07) is 1.88. The number of likely N-dealkylation sites (N-methyl/N-ethyl adjacent to an activating group) is 1. The molecule has 1 fully saturated rings. The molecule has 0 amide bonds. The molecule has 4 heteroatoms. The Morgan fingerprint density at radius 3 is 2.81 bits per heavy atom. The van der Waals surface area contributed by atoms with Crippen LogP contribution in [0.25, 0.3) is 0 Å². The zero-order valence-corrected chi connectivity index (χ0v) is 9.69. The maximum atomic E-state index is 10.3. The molecule has 1 saturated carbocycles. The number of aliphatic hydroxyl groups is 1. The topological polar surface area (TPSA) is 62.4 Å². The Morgan fingerprint density at radius 1 is 1.50 bits per heavy atom. The van der Waals surface area contributed by atoms with Crippen molar-refractivity contribution in [2.45, 2.75) is 31.3 Å². The third-order valence-electron chi connectivity index (χ3n) is 3.30. The van der Waals surface area contributed by atoms with E-state index in [1.807, 2.05) is 18.0 Å². The van der Waals surface area contributed by atoms with Gasteiger partial charge in [-0.05, 0) is 18.9 Å². The van der Waals surface area contributed by atoms with Gasteiger partial charge < -0.3 is 15.7 Å². The molecular weight excluding hydrogens is 202 g/mol. The molecule has 0 unspecified atom stereocenters. The number of anilines is 2. The molecule has 1 aromatic rings. The molecule has 0 aliphatic heterocycles. The summed E-state index contributed by atoms with van der Waals surface area (Å²) < 4.78 is 0. The lowest BCUT2D eigenvalue weighted by Crippen LogP contribution is -2.39. The lowest BCUT2D eigenvalue weighted by molar-refractivity contribution is 0.0559. The minimum absolute atomic E-state index is 0.537. The second-order valence-electron chi connectivity index (χ2n) is 4.72. The maximum Gasteiger partial charge on any atom is 0.0821 e. The highest BCUT2D eigenvalue weighted by atomic mass is 16.3. The largest absolute Gasteiger partial charge is 0.396 e. The van der Waals surface area contributed by atoms with Crippen LogP contribution in [0.15, 0.2) is 18.5 Å². The van der Waals surface area contributed by atoms with Gasteiger partial charge in [0.15, 0.2) is 0 Å². The molecule has 3 N–H and O–H groups in total. The van der Waals surface area contributed by atoms with E-state index in [4.69, 9.17) is 5.73 Å². The molecule has 0 atom stereocenters. The Morgan fingerprint density at radius 2 is 2.19 bits per heavy atom. The Hall–Kier alpha value is -1.29. The van der Waals surface area contributed by atoms with E-state index in [9.17, 15) is 5.11 Å². The van der Waals surface area contributed by atoms with Gasteiger partial charge >= 0.3 is 0 Å². The predicted molar refractivity (Wildman–Crippen MR) is 65.3 cm³/mol. The number of nitrogen functional groups attached to an aromatic ring is 1. The second-order valence-corrected chi connectivity index (χ2v) is 4.72. The van der Waals surface area contributed by atoms with Crippen LogP contribution in [0.5, 0.6) is 0 Å². The van der Waals surface area contributed by atoms with Gasteiger partial charge in [-0.1, -0.05) is 12.8 Å². The van der Waals surface area contributed by atoms with Crippen molar-refractivity contribution < 1.29 is 5.11 Å². The van der Waals surface area contributed by atoms with Gasteiger partial charge in [-0.15, -0.1) is 0 Å². The zero-order chi connectivity index (χ0) is 11.6. The number of hydrogen-bond acceptors (Lipinski definition) is 4. The van der Waals surface area contributed by atoms with Crippen molar-refractivity contribution >= 4 is 11.4 Å². The molecule has 16 heavy (non-hydrogen) atoms. The van der Waals surface area contributed by atoms with Crippen molar-refractivity contribution in [1.82, 2.24) is 4.98 Å². The van der Waals surface area contributed by atoms with E-state index in [0.29, 0.717) is 12.2 Å². The van der Waals surface area contributed by atoms with Crippen LogP contribution >= 0.6 is 0 Å². The van der Waals surface area contributed by atoms with Crippen LogP contribution < -0.4 is 10.6 Å². The van der Waals surface area contributed by atoms with Crippen molar-refractivity contribution in [3.05, 3.63) is 18.5 Å². The van der Waals surface area contributed by atoms with Crippen molar-refractivity contribution in [2.24, 2.45) is 0 Å². The van der Waals surface area contributed by atoms with Gasteiger partial charge in [-0.2, -0.15) is 0 Å². The summed E-state index contributed by atoms with van der Waals surface area (Å²) in [5.74, 6) is 0. The first-order valence-corrected chi connectivity index (χ1v) is 5.74. The Bertz CT molecular complexity index is 361. The number of rotatable bonds is 3. The second kappa shape index (κ2) is 4.29. The Labute approximate surface area is 96.1 Å². The third-order valence-corrected chi connectivity index (χ3v) is 3.30. The van der Waals surface area contributed by atoms with E-state index in [-0.39, 0.29) is 0 Å². The molecule has 1 heterocycles. The number of pyridine rings is 1. The molecule has 2 rings (SSSR count). The molecular formula is C12H19N3O. The van der Waals surface area contributed by atoms with Crippen LogP contribution in [0.1, 0.15) is 25.7 Å². The summed E-state index contributed by atoms with van der Waals surface area (Å²) >= 11 is 0. The minimum Gasteiger partial charge on any atom is -0.396 e. The molecule has 0 radical (unpaired) electrons. The molecule has 1 aromatic heterocycles. The van der Waals surface area contributed by atoms with Gasteiger partial charge in [0.1, 0.15) is 0 Å². The van der Waals surface area contributed by atoms with Crippen LogP contribution in [0.3, 0.4) is 0 Å². The van der Waals surface area contributed by atoms with E-state index in [0.717, 1.165) is 31.4 Å². The first-order chi connectivity index (χ1) is 7.61. The lowest BCUT2D eigenvalue weighted by Gasteiger charge is -2.30. The fourth-order valence-electron chi connectivity index (χ4n) is 2.46. The van der Waals surface area contributed by atoms with E-state index in [2.05, 4.69) is 4.98 Å². The van der Waals surface area contributed by atoms with Crippen LogP contribution in [0.2, 0.25) is 0 Å². The molecule has 88 valence electrons. The predicted octanol–water partition coefficient (Wildman–Crippen LogP) is 1.41. The first kappa shape index (κ1) is 11.2. The van der Waals surface area contributed by atoms with Crippen LogP contribution in [-0.2, 0) is 0 Å². The summed E-state index contributed by atoms with van der Waals surface area (Å²) in [4.78, 5) is 5.98. The molecule has 0 spiro atoms. The summed E-state index contributed by atoms with van der Waals surface area (Å²) in [5, 5.41) is 10.3. The van der Waals surface area contributed by atoms with Crippen molar-refractivity contribution in [1.29, 1.82) is 0 Å². The highest BCUT2D eigenvalue weighted by Gasteiger charge is 2.32. The van der Waals surface area contributed by atoms with Crippen molar-refractivity contribution in [3.63, 3.8) is 0 Å². The fourth-order valence-corrected chi connectivity index (χ4v) is 2.46. The molecule has 0 aromatic carbocycles.